The lowest BCUT2D eigenvalue weighted by atomic mass is 9.79. The highest BCUT2D eigenvalue weighted by molar-refractivity contribution is 4.76. The lowest BCUT2D eigenvalue weighted by molar-refractivity contribution is -0.957. The van der Waals surface area contributed by atoms with Gasteiger partial charge in [0.2, 0.25) is 0 Å². The standard InChI is InChI=1S/C14H29NO/c1-13(2,3)8-11-7-12(16)10-15(9-11)14(4,5)6/h11-12,16H,7-10H2,1-6H3/p+1/t11-,12-/m0/s1. The van der Waals surface area contributed by atoms with Gasteiger partial charge in [-0.25, -0.2) is 0 Å². The molecule has 0 aliphatic carbocycles. The molecule has 0 bridgehead atoms. The molecule has 1 unspecified atom stereocenters. The van der Waals surface area contributed by atoms with Crippen molar-refractivity contribution in [2.75, 3.05) is 13.1 Å². The van der Waals surface area contributed by atoms with E-state index < -0.39 is 0 Å². The van der Waals surface area contributed by atoms with Gasteiger partial charge in [0.25, 0.3) is 0 Å². The van der Waals surface area contributed by atoms with Crippen LogP contribution in [0.25, 0.3) is 0 Å². The summed E-state index contributed by atoms with van der Waals surface area (Å²) in [6.45, 7) is 15.8. The van der Waals surface area contributed by atoms with Crippen LogP contribution in [0.5, 0.6) is 0 Å². The van der Waals surface area contributed by atoms with Gasteiger partial charge in [0.15, 0.2) is 0 Å². The first-order chi connectivity index (χ1) is 7.08. The quantitative estimate of drug-likeness (QED) is 0.698. The lowest BCUT2D eigenvalue weighted by Crippen LogP contribution is -3.21. The SMILES string of the molecule is CC(C)(C)C[C@@H]1C[C@H](O)C[NH+](C(C)(C)C)C1. The Morgan fingerprint density at radius 2 is 1.62 bits per heavy atom. The summed E-state index contributed by atoms with van der Waals surface area (Å²) in [4.78, 5) is 1.56. The minimum Gasteiger partial charge on any atom is -0.387 e. The number of rotatable bonds is 1. The monoisotopic (exact) mass is 228 g/mol. The van der Waals surface area contributed by atoms with E-state index in [2.05, 4.69) is 41.5 Å². The molecule has 1 heterocycles. The van der Waals surface area contributed by atoms with Gasteiger partial charge >= 0.3 is 0 Å². The molecule has 0 aromatic rings. The van der Waals surface area contributed by atoms with Crippen LogP contribution in [0.3, 0.4) is 0 Å². The third-order valence-electron chi connectivity index (χ3n) is 3.58. The predicted octanol–water partition coefficient (Wildman–Crippen LogP) is 1.49. The third-order valence-corrected chi connectivity index (χ3v) is 3.58. The van der Waals surface area contributed by atoms with Crippen molar-refractivity contribution in [1.82, 2.24) is 0 Å². The molecule has 2 N–H and O–H groups in total. The molecule has 0 aromatic carbocycles. The largest absolute Gasteiger partial charge is 0.387 e. The highest BCUT2D eigenvalue weighted by Crippen LogP contribution is 2.27. The number of aliphatic hydroxyl groups is 1. The zero-order valence-corrected chi connectivity index (χ0v) is 11.9. The summed E-state index contributed by atoms with van der Waals surface area (Å²) in [6.07, 6.45) is 2.12. The number of likely N-dealkylation sites (tertiary alicyclic amines) is 1. The van der Waals surface area contributed by atoms with Crippen LogP contribution in [0.15, 0.2) is 0 Å². The Morgan fingerprint density at radius 3 is 2.06 bits per heavy atom. The molecule has 0 saturated carbocycles. The molecular weight excluding hydrogens is 198 g/mol. The Balaban J connectivity index is 2.61. The maximum absolute atomic E-state index is 9.99. The Labute approximate surface area is 101 Å². The normalized spacial score (nSPS) is 32.8. The van der Waals surface area contributed by atoms with Crippen LogP contribution in [0.4, 0.5) is 0 Å². The number of hydrogen-bond donors (Lipinski definition) is 2. The first-order valence-corrected chi connectivity index (χ1v) is 6.61. The molecule has 1 rings (SSSR count). The molecule has 1 fully saturated rings. The van der Waals surface area contributed by atoms with Crippen molar-refractivity contribution in [2.45, 2.75) is 66.0 Å². The van der Waals surface area contributed by atoms with Gasteiger partial charge in [-0.1, -0.05) is 20.8 Å². The summed E-state index contributed by atoms with van der Waals surface area (Å²) >= 11 is 0. The molecule has 0 amide bonds. The van der Waals surface area contributed by atoms with E-state index in [-0.39, 0.29) is 11.6 Å². The molecule has 0 spiro atoms. The molecule has 2 heteroatoms. The minimum atomic E-state index is -0.102. The van der Waals surface area contributed by atoms with E-state index in [1.54, 1.807) is 4.90 Å². The number of piperidine rings is 1. The van der Waals surface area contributed by atoms with E-state index in [1.165, 1.54) is 13.0 Å². The fraction of sp³-hybridized carbons (Fsp3) is 1.00. The molecule has 1 saturated heterocycles. The summed E-state index contributed by atoms with van der Waals surface area (Å²) in [7, 11) is 0. The van der Waals surface area contributed by atoms with E-state index >= 15 is 0 Å². The second-order valence-corrected chi connectivity index (χ2v) is 7.78. The first-order valence-electron chi connectivity index (χ1n) is 6.61. The topological polar surface area (TPSA) is 24.7 Å². The average molecular weight is 228 g/mol. The molecular formula is C14H30NO+. The van der Waals surface area contributed by atoms with Crippen molar-refractivity contribution in [3.63, 3.8) is 0 Å². The summed E-state index contributed by atoms with van der Waals surface area (Å²) < 4.78 is 0. The molecule has 16 heavy (non-hydrogen) atoms. The third kappa shape index (κ3) is 4.42. The maximum Gasteiger partial charge on any atom is 0.104 e. The maximum atomic E-state index is 9.99. The molecule has 0 radical (unpaired) electrons. The zero-order valence-electron chi connectivity index (χ0n) is 11.9. The van der Waals surface area contributed by atoms with Gasteiger partial charge < -0.3 is 10.0 Å². The van der Waals surface area contributed by atoms with Crippen molar-refractivity contribution < 1.29 is 10.0 Å². The Bertz CT molecular complexity index is 224. The predicted molar refractivity (Wildman–Crippen MR) is 68.6 cm³/mol. The summed E-state index contributed by atoms with van der Waals surface area (Å²) in [6, 6.07) is 0. The molecule has 0 aromatic heterocycles. The van der Waals surface area contributed by atoms with Crippen LogP contribution in [0.2, 0.25) is 0 Å². The van der Waals surface area contributed by atoms with Gasteiger partial charge in [-0.15, -0.1) is 0 Å². The summed E-state index contributed by atoms with van der Waals surface area (Å²) in [5.41, 5.74) is 0.641. The summed E-state index contributed by atoms with van der Waals surface area (Å²) in [5, 5.41) is 9.99. The van der Waals surface area contributed by atoms with E-state index in [1.807, 2.05) is 0 Å². The van der Waals surface area contributed by atoms with E-state index in [4.69, 9.17) is 0 Å². The van der Waals surface area contributed by atoms with Crippen molar-refractivity contribution in [2.24, 2.45) is 11.3 Å². The zero-order chi connectivity index (χ0) is 12.6. The number of nitrogens with one attached hydrogen (secondary N) is 1. The van der Waals surface area contributed by atoms with E-state index in [0.29, 0.717) is 11.3 Å². The highest BCUT2D eigenvalue weighted by Gasteiger charge is 2.36. The van der Waals surface area contributed by atoms with Crippen LogP contribution >= 0.6 is 0 Å². The van der Waals surface area contributed by atoms with Gasteiger partial charge in [-0.05, 0) is 39.0 Å². The van der Waals surface area contributed by atoms with E-state index in [9.17, 15) is 5.11 Å². The Morgan fingerprint density at radius 1 is 1.06 bits per heavy atom. The van der Waals surface area contributed by atoms with E-state index in [0.717, 1.165) is 13.0 Å². The fourth-order valence-electron chi connectivity index (χ4n) is 2.90. The summed E-state index contributed by atoms with van der Waals surface area (Å²) in [5.74, 6) is 0.679. The lowest BCUT2D eigenvalue weighted by Gasteiger charge is -2.41. The van der Waals surface area contributed by atoms with Crippen LogP contribution in [0, 0.1) is 11.3 Å². The molecule has 3 atom stereocenters. The molecule has 2 nitrogen and oxygen atoms in total. The van der Waals surface area contributed by atoms with Gasteiger partial charge in [-0.3, -0.25) is 0 Å². The van der Waals surface area contributed by atoms with Crippen molar-refractivity contribution >= 4 is 0 Å². The van der Waals surface area contributed by atoms with Gasteiger partial charge in [-0.2, -0.15) is 0 Å². The minimum absolute atomic E-state index is 0.102. The van der Waals surface area contributed by atoms with Crippen LogP contribution < -0.4 is 4.90 Å². The number of hydrogen-bond acceptors (Lipinski definition) is 1. The first kappa shape index (κ1) is 14.0. The van der Waals surface area contributed by atoms with Gasteiger partial charge in [0.05, 0.1) is 12.1 Å². The number of quaternary nitrogens is 1. The molecule has 1 aliphatic heterocycles. The van der Waals surface area contributed by atoms with Crippen molar-refractivity contribution in [3.05, 3.63) is 0 Å². The Hall–Kier alpha value is -0.0800. The second kappa shape index (κ2) is 4.66. The van der Waals surface area contributed by atoms with Crippen LogP contribution in [-0.4, -0.2) is 29.8 Å². The second-order valence-electron chi connectivity index (χ2n) is 7.78. The van der Waals surface area contributed by atoms with Crippen LogP contribution in [0.1, 0.15) is 54.4 Å². The average Bonchev–Trinajstić information content (AvgIpc) is 1.97. The van der Waals surface area contributed by atoms with Gasteiger partial charge in [0, 0.05) is 5.92 Å². The fourth-order valence-corrected chi connectivity index (χ4v) is 2.90. The molecule has 1 aliphatic rings. The van der Waals surface area contributed by atoms with Crippen LogP contribution in [-0.2, 0) is 0 Å². The van der Waals surface area contributed by atoms with Crippen molar-refractivity contribution in [3.8, 4) is 0 Å². The highest BCUT2D eigenvalue weighted by atomic mass is 16.3. The molecule has 96 valence electrons. The smallest absolute Gasteiger partial charge is 0.104 e. The van der Waals surface area contributed by atoms with Gasteiger partial charge in [0.1, 0.15) is 12.6 Å². The van der Waals surface area contributed by atoms with Crippen molar-refractivity contribution in [1.29, 1.82) is 0 Å². The number of aliphatic hydroxyl groups excluding tert-OH is 1. The Kier molecular flexibility index (Phi) is 4.07.